The summed E-state index contributed by atoms with van der Waals surface area (Å²) in [7, 11) is -1.25. The summed E-state index contributed by atoms with van der Waals surface area (Å²) >= 11 is 1.62. The van der Waals surface area contributed by atoms with Crippen molar-refractivity contribution in [3.05, 3.63) is 47.5 Å². The van der Waals surface area contributed by atoms with E-state index in [1.807, 2.05) is 68.9 Å². The van der Waals surface area contributed by atoms with Gasteiger partial charge in [-0.3, -0.25) is 0 Å². The van der Waals surface area contributed by atoms with E-state index in [2.05, 4.69) is 15.6 Å². The Balaban J connectivity index is 2.00. The van der Waals surface area contributed by atoms with Crippen molar-refractivity contribution in [3.63, 3.8) is 0 Å². The fraction of sp³-hybridized carbons (Fsp3) is 0.294. The van der Waals surface area contributed by atoms with Gasteiger partial charge in [-0.25, -0.2) is 8.89 Å². The SMILES string of the molecule is CC(=NS(=O)C(C)(C)C)c1cc2c(cnn2-c2ccccc2)s1. The zero-order valence-electron chi connectivity index (χ0n) is 13.6. The molecule has 0 amide bonds. The van der Waals surface area contributed by atoms with E-state index in [9.17, 15) is 4.21 Å². The fourth-order valence-electron chi connectivity index (χ4n) is 2.09. The van der Waals surface area contributed by atoms with E-state index >= 15 is 0 Å². The van der Waals surface area contributed by atoms with Crippen molar-refractivity contribution in [3.8, 4) is 5.69 Å². The lowest BCUT2D eigenvalue weighted by molar-refractivity contribution is 0.650. The van der Waals surface area contributed by atoms with Gasteiger partial charge in [0, 0.05) is 0 Å². The van der Waals surface area contributed by atoms with Crippen LogP contribution in [0, 0.1) is 0 Å². The molecule has 2 heterocycles. The molecular weight excluding hydrogens is 326 g/mol. The van der Waals surface area contributed by atoms with Crippen LogP contribution in [0.2, 0.25) is 0 Å². The molecule has 3 aromatic rings. The third-order valence-corrected chi connectivity index (χ3v) is 6.01. The molecule has 0 fully saturated rings. The second-order valence-corrected chi connectivity index (χ2v) is 9.28. The standard InChI is InChI=1S/C17H19N3OS2/c1-12(19-23(21)17(2,3)4)15-10-14-16(22-15)11-18-20(14)13-8-6-5-7-9-13/h5-11H,1-4H3. The van der Waals surface area contributed by atoms with Gasteiger partial charge in [0.25, 0.3) is 0 Å². The minimum atomic E-state index is -1.25. The average Bonchev–Trinajstić information content (AvgIpc) is 3.07. The van der Waals surface area contributed by atoms with E-state index in [1.54, 1.807) is 11.3 Å². The van der Waals surface area contributed by atoms with Crippen molar-refractivity contribution >= 4 is 38.3 Å². The molecule has 0 radical (unpaired) electrons. The normalized spacial score (nSPS) is 14.3. The average molecular weight is 345 g/mol. The topological polar surface area (TPSA) is 47.2 Å². The number of thiophene rings is 1. The van der Waals surface area contributed by atoms with E-state index in [0.717, 1.165) is 26.5 Å². The molecule has 1 aromatic carbocycles. The molecule has 3 rings (SSSR count). The summed E-state index contributed by atoms with van der Waals surface area (Å²) in [5.74, 6) is 0. The highest BCUT2D eigenvalue weighted by molar-refractivity contribution is 7.85. The third kappa shape index (κ3) is 3.28. The van der Waals surface area contributed by atoms with Gasteiger partial charge in [0.05, 0.1) is 37.4 Å². The lowest BCUT2D eigenvalue weighted by Crippen LogP contribution is -2.20. The van der Waals surface area contributed by atoms with Crippen LogP contribution in [0.3, 0.4) is 0 Å². The van der Waals surface area contributed by atoms with Crippen LogP contribution in [0.5, 0.6) is 0 Å². The van der Waals surface area contributed by atoms with Crippen molar-refractivity contribution < 1.29 is 4.21 Å². The van der Waals surface area contributed by atoms with Crippen molar-refractivity contribution in [2.24, 2.45) is 4.40 Å². The van der Waals surface area contributed by atoms with Gasteiger partial charge in [0.1, 0.15) is 11.0 Å². The Labute approximate surface area is 142 Å². The van der Waals surface area contributed by atoms with Gasteiger partial charge in [-0.15, -0.1) is 11.3 Å². The summed E-state index contributed by atoms with van der Waals surface area (Å²) in [5.41, 5.74) is 2.88. The highest BCUT2D eigenvalue weighted by Gasteiger charge is 2.20. The summed E-state index contributed by atoms with van der Waals surface area (Å²) < 4.78 is 19.2. The Morgan fingerprint density at radius 1 is 1.26 bits per heavy atom. The van der Waals surface area contributed by atoms with E-state index in [0.29, 0.717) is 0 Å². The summed E-state index contributed by atoms with van der Waals surface area (Å²) in [6, 6.07) is 12.1. The first kappa shape index (κ1) is 16.1. The Morgan fingerprint density at radius 3 is 2.61 bits per heavy atom. The first-order chi connectivity index (χ1) is 10.9. The second kappa shape index (κ2) is 6.02. The van der Waals surface area contributed by atoms with Gasteiger partial charge in [0.15, 0.2) is 0 Å². The van der Waals surface area contributed by atoms with Crippen molar-refractivity contribution in [2.75, 3.05) is 0 Å². The number of para-hydroxylation sites is 1. The number of fused-ring (bicyclic) bond motifs is 1. The number of aromatic nitrogens is 2. The molecule has 0 aliphatic rings. The van der Waals surface area contributed by atoms with Crippen molar-refractivity contribution in [1.29, 1.82) is 0 Å². The molecule has 0 aliphatic heterocycles. The third-order valence-electron chi connectivity index (χ3n) is 3.36. The molecule has 23 heavy (non-hydrogen) atoms. The van der Waals surface area contributed by atoms with Crippen LogP contribution < -0.4 is 0 Å². The number of nitrogens with zero attached hydrogens (tertiary/aromatic N) is 3. The predicted molar refractivity (Wildman–Crippen MR) is 99.1 cm³/mol. The van der Waals surface area contributed by atoms with Crippen LogP contribution in [-0.2, 0) is 11.0 Å². The van der Waals surface area contributed by atoms with E-state index in [4.69, 9.17) is 0 Å². The Kier molecular flexibility index (Phi) is 4.21. The van der Waals surface area contributed by atoms with Gasteiger partial charge in [-0.1, -0.05) is 18.2 Å². The minimum absolute atomic E-state index is 0.348. The zero-order valence-corrected chi connectivity index (χ0v) is 15.2. The molecule has 0 aliphatic carbocycles. The molecule has 6 heteroatoms. The van der Waals surface area contributed by atoms with Crippen LogP contribution in [-0.4, -0.2) is 24.4 Å². The molecule has 2 aromatic heterocycles. The van der Waals surface area contributed by atoms with Gasteiger partial charge in [-0.2, -0.15) is 9.50 Å². The minimum Gasteiger partial charge on any atom is -0.234 e. The lowest BCUT2D eigenvalue weighted by Gasteiger charge is -2.13. The van der Waals surface area contributed by atoms with Crippen LogP contribution >= 0.6 is 11.3 Å². The highest BCUT2D eigenvalue weighted by atomic mass is 32.2. The van der Waals surface area contributed by atoms with Crippen molar-refractivity contribution in [1.82, 2.24) is 9.78 Å². The number of hydrogen-bond donors (Lipinski definition) is 0. The summed E-state index contributed by atoms with van der Waals surface area (Å²) in [5, 5.41) is 4.45. The monoisotopic (exact) mass is 345 g/mol. The maximum atomic E-state index is 12.2. The van der Waals surface area contributed by atoms with Crippen LogP contribution in [0.4, 0.5) is 0 Å². The Bertz CT molecular complexity index is 886. The van der Waals surface area contributed by atoms with Crippen LogP contribution in [0.25, 0.3) is 15.9 Å². The number of rotatable bonds is 3. The smallest absolute Gasteiger partial charge is 0.145 e. The molecule has 4 nitrogen and oxygen atoms in total. The zero-order chi connectivity index (χ0) is 16.6. The summed E-state index contributed by atoms with van der Waals surface area (Å²) in [4.78, 5) is 1.03. The van der Waals surface area contributed by atoms with Gasteiger partial charge < -0.3 is 0 Å². The Hall–Kier alpha value is -1.79. The molecule has 0 spiro atoms. The highest BCUT2D eigenvalue weighted by Crippen LogP contribution is 2.28. The van der Waals surface area contributed by atoms with Gasteiger partial charge in [-0.05, 0) is 45.9 Å². The quantitative estimate of drug-likeness (QED) is 0.662. The molecule has 120 valence electrons. The van der Waals surface area contributed by atoms with Gasteiger partial charge >= 0.3 is 0 Å². The molecule has 0 N–H and O–H groups in total. The summed E-state index contributed by atoms with van der Waals surface area (Å²) in [6.07, 6.45) is 1.87. The van der Waals surface area contributed by atoms with E-state index in [-0.39, 0.29) is 4.75 Å². The molecule has 0 saturated heterocycles. The van der Waals surface area contributed by atoms with Gasteiger partial charge in [0.2, 0.25) is 0 Å². The first-order valence-corrected chi connectivity index (χ1v) is 9.29. The molecule has 0 bridgehead atoms. The molecular formula is C17H19N3OS2. The maximum Gasteiger partial charge on any atom is 0.145 e. The van der Waals surface area contributed by atoms with Crippen molar-refractivity contribution in [2.45, 2.75) is 32.4 Å². The van der Waals surface area contributed by atoms with E-state index < -0.39 is 11.0 Å². The van der Waals surface area contributed by atoms with E-state index in [1.165, 1.54) is 0 Å². The maximum absolute atomic E-state index is 12.2. The fourth-order valence-corrected chi connectivity index (χ4v) is 3.71. The van der Waals surface area contributed by atoms with Crippen LogP contribution in [0.1, 0.15) is 32.6 Å². The predicted octanol–water partition coefficient (Wildman–Crippen LogP) is 4.36. The molecule has 1 atom stereocenters. The molecule has 1 unspecified atom stereocenters. The first-order valence-electron chi connectivity index (χ1n) is 7.37. The summed E-state index contributed by atoms with van der Waals surface area (Å²) in [6.45, 7) is 7.70. The second-order valence-electron chi connectivity index (χ2n) is 6.29. The largest absolute Gasteiger partial charge is 0.234 e. The Morgan fingerprint density at radius 2 is 1.96 bits per heavy atom. The van der Waals surface area contributed by atoms with Crippen LogP contribution in [0.15, 0.2) is 47.0 Å². The lowest BCUT2D eigenvalue weighted by atomic mass is 10.3. The number of benzene rings is 1. The number of hydrogen-bond acceptors (Lipinski definition) is 3. The molecule has 0 saturated carbocycles.